The van der Waals surface area contributed by atoms with Crippen LogP contribution in [0.4, 0.5) is 0 Å². The van der Waals surface area contributed by atoms with Gasteiger partial charge in [0.25, 0.3) is 5.56 Å². The van der Waals surface area contributed by atoms with Gasteiger partial charge in [-0.1, -0.05) is 48.5 Å². The second-order valence-corrected chi connectivity index (χ2v) is 10.7. The Morgan fingerprint density at radius 3 is 2.56 bits per heavy atom. The van der Waals surface area contributed by atoms with Gasteiger partial charge in [0.15, 0.2) is 17.3 Å². The third kappa shape index (κ3) is 5.19. The summed E-state index contributed by atoms with van der Waals surface area (Å²) in [5.74, 6) is 2.26. The number of tetrazole rings is 1. The van der Waals surface area contributed by atoms with Crippen molar-refractivity contribution in [1.29, 1.82) is 0 Å². The van der Waals surface area contributed by atoms with E-state index in [1.54, 1.807) is 0 Å². The number of piperazine rings is 1. The predicted octanol–water partition coefficient (Wildman–Crippen LogP) is 3.51. The number of aromatic nitrogens is 5. The van der Waals surface area contributed by atoms with Crippen molar-refractivity contribution < 1.29 is 9.47 Å². The van der Waals surface area contributed by atoms with Crippen LogP contribution in [0.25, 0.3) is 10.9 Å². The third-order valence-electron chi connectivity index (χ3n) is 7.92. The van der Waals surface area contributed by atoms with Crippen molar-refractivity contribution in [2.24, 2.45) is 0 Å². The molecule has 1 fully saturated rings. The van der Waals surface area contributed by atoms with Crippen molar-refractivity contribution in [3.05, 3.63) is 111 Å². The zero-order valence-corrected chi connectivity index (χ0v) is 22.9. The molecule has 1 saturated heterocycles. The summed E-state index contributed by atoms with van der Waals surface area (Å²) in [5, 5.41) is 13.9. The molecule has 0 aliphatic carbocycles. The van der Waals surface area contributed by atoms with Crippen LogP contribution in [0.5, 0.6) is 11.5 Å². The van der Waals surface area contributed by atoms with E-state index < -0.39 is 6.04 Å². The third-order valence-corrected chi connectivity index (χ3v) is 7.92. The zero-order chi connectivity index (χ0) is 27.8. The van der Waals surface area contributed by atoms with Crippen molar-refractivity contribution in [1.82, 2.24) is 35.0 Å². The maximum absolute atomic E-state index is 13.6. The molecule has 0 amide bonds. The molecule has 4 heterocycles. The standard InChI is InChI=1S/C31H31N7O3/c1-21-7-9-24-17-25(31(39)32-26(24)15-21)29(30-33-34-35-38(30)19-22-5-3-2-4-6-22)37-13-11-36(12-14-37)18-23-8-10-27-28(16-23)41-20-40-27/h2-10,15-17,29H,11-14,18-20H2,1H3,(H,32,39)/t29-/m0/s1. The van der Waals surface area contributed by atoms with E-state index in [0.29, 0.717) is 17.9 Å². The van der Waals surface area contributed by atoms with Gasteiger partial charge in [0.1, 0.15) is 6.04 Å². The van der Waals surface area contributed by atoms with E-state index in [4.69, 9.17) is 9.47 Å². The number of nitrogens with one attached hydrogen (secondary N) is 1. The van der Waals surface area contributed by atoms with Crippen LogP contribution in [-0.2, 0) is 13.1 Å². The number of aryl methyl sites for hydroxylation is 1. The second-order valence-electron chi connectivity index (χ2n) is 10.7. The Morgan fingerprint density at radius 1 is 0.878 bits per heavy atom. The Balaban J connectivity index is 1.19. The van der Waals surface area contributed by atoms with Crippen molar-refractivity contribution in [3.8, 4) is 11.5 Å². The summed E-state index contributed by atoms with van der Waals surface area (Å²) < 4.78 is 12.8. The van der Waals surface area contributed by atoms with Gasteiger partial charge in [-0.15, -0.1) is 5.10 Å². The van der Waals surface area contributed by atoms with E-state index in [0.717, 1.165) is 66.3 Å². The SMILES string of the molecule is Cc1ccc2cc([C@@H](c3nnnn3Cc3ccccc3)N3CCN(Cc4ccc5c(c4)OCO5)CC3)c(=O)[nH]c2c1. The minimum absolute atomic E-state index is 0.120. The van der Waals surface area contributed by atoms with Gasteiger partial charge in [-0.05, 0) is 63.7 Å². The van der Waals surface area contributed by atoms with Gasteiger partial charge in [0, 0.05) is 43.8 Å². The molecule has 10 nitrogen and oxygen atoms in total. The normalized spacial score (nSPS) is 16.3. The molecule has 208 valence electrons. The van der Waals surface area contributed by atoms with Crippen molar-refractivity contribution >= 4 is 10.9 Å². The molecule has 2 aliphatic rings. The molecule has 0 spiro atoms. The maximum atomic E-state index is 13.6. The molecular formula is C31H31N7O3. The Bertz CT molecular complexity index is 1740. The van der Waals surface area contributed by atoms with Crippen LogP contribution in [0.2, 0.25) is 0 Å². The molecular weight excluding hydrogens is 518 g/mol. The topological polar surface area (TPSA) is 101 Å². The fourth-order valence-corrected chi connectivity index (χ4v) is 5.79. The van der Waals surface area contributed by atoms with Gasteiger partial charge >= 0.3 is 0 Å². The molecule has 0 unspecified atom stereocenters. The first-order valence-electron chi connectivity index (χ1n) is 13.9. The van der Waals surface area contributed by atoms with Crippen molar-refractivity contribution in [3.63, 3.8) is 0 Å². The molecule has 3 aromatic carbocycles. The fourth-order valence-electron chi connectivity index (χ4n) is 5.79. The van der Waals surface area contributed by atoms with Gasteiger partial charge < -0.3 is 14.5 Å². The first-order chi connectivity index (χ1) is 20.1. The van der Waals surface area contributed by atoms with Crippen LogP contribution in [0.1, 0.15) is 34.1 Å². The zero-order valence-electron chi connectivity index (χ0n) is 22.9. The van der Waals surface area contributed by atoms with Gasteiger partial charge in [-0.25, -0.2) is 4.68 Å². The summed E-state index contributed by atoms with van der Waals surface area (Å²) >= 11 is 0. The predicted molar refractivity (Wildman–Crippen MR) is 154 cm³/mol. The van der Waals surface area contributed by atoms with E-state index in [1.165, 1.54) is 5.56 Å². The fraction of sp³-hybridized carbons (Fsp3) is 0.290. The highest BCUT2D eigenvalue weighted by atomic mass is 16.7. The highest BCUT2D eigenvalue weighted by molar-refractivity contribution is 5.79. The molecule has 0 radical (unpaired) electrons. The Kier molecular flexibility index (Phi) is 6.69. The Morgan fingerprint density at radius 2 is 1.71 bits per heavy atom. The van der Waals surface area contributed by atoms with E-state index in [9.17, 15) is 4.79 Å². The summed E-state index contributed by atoms with van der Waals surface area (Å²) in [6.45, 7) is 6.85. The number of pyridine rings is 1. The lowest BCUT2D eigenvalue weighted by Crippen LogP contribution is -2.48. The quantitative estimate of drug-likeness (QED) is 0.329. The van der Waals surface area contributed by atoms with E-state index in [2.05, 4.69) is 66.7 Å². The van der Waals surface area contributed by atoms with Gasteiger partial charge in [0.05, 0.1) is 6.54 Å². The lowest BCUT2D eigenvalue weighted by atomic mass is 10.0. The maximum Gasteiger partial charge on any atom is 0.253 e. The number of hydrogen-bond donors (Lipinski definition) is 1. The highest BCUT2D eigenvalue weighted by Crippen LogP contribution is 2.33. The van der Waals surface area contributed by atoms with Crippen molar-refractivity contribution in [2.75, 3.05) is 33.0 Å². The van der Waals surface area contributed by atoms with Crippen molar-refractivity contribution in [2.45, 2.75) is 26.1 Å². The van der Waals surface area contributed by atoms with Crippen LogP contribution >= 0.6 is 0 Å². The average molecular weight is 550 g/mol. The number of benzene rings is 3. The monoisotopic (exact) mass is 549 g/mol. The Labute approximate surface area is 237 Å². The first kappa shape index (κ1) is 25.4. The molecule has 0 saturated carbocycles. The number of fused-ring (bicyclic) bond motifs is 2. The largest absolute Gasteiger partial charge is 0.454 e. The summed E-state index contributed by atoms with van der Waals surface area (Å²) in [5.41, 5.74) is 4.74. The smallest absolute Gasteiger partial charge is 0.253 e. The number of aromatic amines is 1. The second kappa shape index (κ2) is 10.8. The summed E-state index contributed by atoms with van der Waals surface area (Å²) in [7, 11) is 0. The number of rotatable bonds is 7. The highest BCUT2D eigenvalue weighted by Gasteiger charge is 2.33. The van der Waals surface area contributed by atoms with E-state index in [1.807, 2.05) is 48.0 Å². The number of nitrogens with zero attached hydrogens (tertiary/aromatic N) is 6. The molecule has 1 atom stereocenters. The average Bonchev–Trinajstić information content (AvgIpc) is 3.64. The van der Waals surface area contributed by atoms with Gasteiger partial charge in [-0.3, -0.25) is 14.6 Å². The van der Waals surface area contributed by atoms with Crippen LogP contribution in [0, 0.1) is 6.92 Å². The molecule has 0 bridgehead atoms. The first-order valence-corrected chi connectivity index (χ1v) is 13.9. The van der Waals surface area contributed by atoms with E-state index in [-0.39, 0.29) is 12.4 Å². The van der Waals surface area contributed by atoms with Crippen LogP contribution in [0.3, 0.4) is 0 Å². The molecule has 41 heavy (non-hydrogen) atoms. The molecule has 10 heteroatoms. The summed E-state index contributed by atoms with van der Waals surface area (Å²) in [6, 6.07) is 24.0. The summed E-state index contributed by atoms with van der Waals surface area (Å²) in [4.78, 5) is 21.5. The molecule has 7 rings (SSSR count). The number of hydrogen-bond acceptors (Lipinski definition) is 8. The molecule has 5 aromatic rings. The molecule has 2 aliphatic heterocycles. The number of H-pyrrole nitrogens is 1. The lowest BCUT2D eigenvalue weighted by molar-refractivity contribution is 0.0998. The van der Waals surface area contributed by atoms with Crippen LogP contribution in [-0.4, -0.2) is 68.0 Å². The van der Waals surface area contributed by atoms with Gasteiger partial charge in [0.2, 0.25) is 6.79 Å². The molecule has 1 N–H and O–H groups in total. The number of ether oxygens (including phenoxy) is 2. The lowest BCUT2D eigenvalue weighted by Gasteiger charge is -2.38. The minimum Gasteiger partial charge on any atom is -0.454 e. The van der Waals surface area contributed by atoms with Crippen LogP contribution in [0.15, 0.2) is 77.6 Å². The molecule has 2 aromatic heterocycles. The minimum atomic E-state index is -0.393. The van der Waals surface area contributed by atoms with Gasteiger partial charge in [-0.2, -0.15) is 0 Å². The Hall–Kier alpha value is -4.54. The summed E-state index contributed by atoms with van der Waals surface area (Å²) in [6.07, 6.45) is 0. The van der Waals surface area contributed by atoms with Crippen LogP contribution < -0.4 is 15.0 Å². The van der Waals surface area contributed by atoms with E-state index >= 15 is 0 Å².